The molecule has 5 nitrogen and oxygen atoms in total. The van der Waals surface area contributed by atoms with E-state index in [0.29, 0.717) is 18.4 Å². The average molecular weight is 318 g/mol. The summed E-state index contributed by atoms with van der Waals surface area (Å²) in [6.45, 7) is 9.14. The Balaban J connectivity index is 2.10. The maximum atomic E-state index is 11.8. The first-order chi connectivity index (χ1) is 9.79. The maximum absolute atomic E-state index is 11.8. The number of hydrogen-bond donors (Lipinski definition) is 2. The van der Waals surface area contributed by atoms with Gasteiger partial charge in [0, 0.05) is 40.5 Å². The van der Waals surface area contributed by atoms with Crippen LogP contribution in [0.25, 0.3) is 0 Å². The van der Waals surface area contributed by atoms with E-state index in [4.69, 9.17) is 4.74 Å². The first-order valence-corrected chi connectivity index (χ1v) is 9.15. The third-order valence-electron chi connectivity index (χ3n) is 3.58. The summed E-state index contributed by atoms with van der Waals surface area (Å²) in [7, 11) is -0.931. The number of ether oxygens (including phenoxy) is 1. The molecule has 1 rings (SSSR count). The van der Waals surface area contributed by atoms with Crippen molar-refractivity contribution in [3.8, 4) is 0 Å². The lowest BCUT2D eigenvalue weighted by Gasteiger charge is -2.19. The molecule has 0 bridgehead atoms. The zero-order valence-electron chi connectivity index (χ0n) is 13.7. The second-order valence-corrected chi connectivity index (χ2v) is 9.00. The highest BCUT2D eigenvalue weighted by Crippen LogP contribution is 2.17. The van der Waals surface area contributed by atoms with Crippen LogP contribution in [0, 0.1) is 0 Å². The number of nitrogens with one attached hydrogen (secondary N) is 2. The molecule has 0 aromatic heterocycles. The van der Waals surface area contributed by atoms with E-state index in [1.165, 1.54) is 0 Å². The van der Waals surface area contributed by atoms with Gasteiger partial charge in [0.25, 0.3) is 0 Å². The van der Waals surface area contributed by atoms with Crippen LogP contribution in [0.3, 0.4) is 0 Å². The summed E-state index contributed by atoms with van der Waals surface area (Å²) in [4.78, 5) is 11.7. The van der Waals surface area contributed by atoms with Gasteiger partial charge in [0.15, 0.2) is 0 Å². The third kappa shape index (κ3) is 7.81. The van der Waals surface area contributed by atoms with Gasteiger partial charge < -0.3 is 15.4 Å². The van der Waals surface area contributed by atoms with E-state index < -0.39 is 10.8 Å². The van der Waals surface area contributed by atoms with Crippen molar-refractivity contribution >= 4 is 16.8 Å². The molecule has 1 aliphatic heterocycles. The van der Waals surface area contributed by atoms with Gasteiger partial charge in [-0.05, 0) is 53.4 Å². The fourth-order valence-corrected chi connectivity index (χ4v) is 3.12. The molecule has 1 heterocycles. The molecular formula is C15H30N2O3S. The molecule has 0 aliphatic carbocycles. The van der Waals surface area contributed by atoms with Crippen LogP contribution < -0.4 is 10.6 Å². The SMILES string of the molecule is CC(CCC1CCCO1)NC(=O)NCCS(=O)C(C)(C)C. The van der Waals surface area contributed by atoms with Crippen molar-refractivity contribution in [1.82, 2.24) is 10.6 Å². The average Bonchev–Trinajstić information content (AvgIpc) is 2.88. The Kier molecular flexibility index (Phi) is 7.66. The molecule has 6 heteroatoms. The van der Waals surface area contributed by atoms with Gasteiger partial charge in [0.05, 0.1) is 6.10 Å². The fourth-order valence-electron chi connectivity index (χ4n) is 2.22. The lowest BCUT2D eigenvalue weighted by molar-refractivity contribution is 0.100. The molecule has 2 amide bonds. The Morgan fingerprint density at radius 1 is 1.43 bits per heavy atom. The summed E-state index contributed by atoms with van der Waals surface area (Å²) in [5.41, 5.74) is 0. The Bertz CT molecular complexity index is 349. The molecule has 1 aliphatic rings. The molecule has 0 saturated carbocycles. The van der Waals surface area contributed by atoms with E-state index in [1.54, 1.807) is 0 Å². The second-order valence-electron chi connectivity index (χ2n) is 6.68. The van der Waals surface area contributed by atoms with E-state index in [0.717, 1.165) is 32.3 Å². The van der Waals surface area contributed by atoms with Crippen LogP contribution in [0.5, 0.6) is 0 Å². The third-order valence-corrected chi connectivity index (χ3v) is 5.52. The van der Waals surface area contributed by atoms with Crippen molar-refractivity contribution in [3.05, 3.63) is 0 Å². The summed E-state index contributed by atoms with van der Waals surface area (Å²) in [5.74, 6) is 0.487. The van der Waals surface area contributed by atoms with E-state index >= 15 is 0 Å². The minimum Gasteiger partial charge on any atom is -0.378 e. The number of carbonyl (C=O) groups is 1. The summed E-state index contributed by atoms with van der Waals surface area (Å²) in [6, 6.07) is -0.0527. The Morgan fingerprint density at radius 2 is 2.14 bits per heavy atom. The van der Waals surface area contributed by atoms with Crippen molar-refractivity contribution in [1.29, 1.82) is 0 Å². The molecular weight excluding hydrogens is 288 g/mol. The van der Waals surface area contributed by atoms with Gasteiger partial charge in [0.1, 0.15) is 0 Å². The second kappa shape index (κ2) is 8.73. The van der Waals surface area contributed by atoms with Crippen LogP contribution in [0.4, 0.5) is 4.79 Å². The lowest BCUT2D eigenvalue weighted by Crippen LogP contribution is -2.43. The van der Waals surface area contributed by atoms with Gasteiger partial charge in [-0.1, -0.05) is 0 Å². The molecule has 3 unspecified atom stereocenters. The van der Waals surface area contributed by atoms with Crippen molar-refractivity contribution in [2.75, 3.05) is 18.9 Å². The number of urea groups is 1. The van der Waals surface area contributed by atoms with Gasteiger partial charge in [-0.25, -0.2) is 4.79 Å². The van der Waals surface area contributed by atoms with Gasteiger partial charge >= 0.3 is 6.03 Å². The zero-order chi connectivity index (χ0) is 15.9. The molecule has 0 aromatic rings. The highest BCUT2D eigenvalue weighted by Gasteiger charge is 2.19. The van der Waals surface area contributed by atoms with Crippen LogP contribution in [-0.4, -0.2) is 46.0 Å². The van der Waals surface area contributed by atoms with Crippen LogP contribution in [-0.2, 0) is 15.5 Å². The number of amides is 2. The molecule has 1 fully saturated rings. The molecule has 3 atom stereocenters. The van der Waals surface area contributed by atoms with Gasteiger partial charge in [-0.3, -0.25) is 4.21 Å². The van der Waals surface area contributed by atoms with Gasteiger partial charge in [-0.2, -0.15) is 0 Å². The monoisotopic (exact) mass is 318 g/mol. The molecule has 2 N–H and O–H groups in total. The highest BCUT2D eigenvalue weighted by atomic mass is 32.2. The number of rotatable bonds is 7. The van der Waals surface area contributed by atoms with E-state index in [2.05, 4.69) is 10.6 Å². The summed E-state index contributed by atoms with van der Waals surface area (Å²) >= 11 is 0. The summed E-state index contributed by atoms with van der Waals surface area (Å²) in [5, 5.41) is 5.68. The lowest BCUT2D eigenvalue weighted by atomic mass is 10.1. The maximum Gasteiger partial charge on any atom is 0.315 e. The van der Waals surface area contributed by atoms with Crippen LogP contribution in [0.2, 0.25) is 0 Å². The van der Waals surface area contributed by atoms with Crippen LogP contribution >= 0.6 is 0 Å². The molecule has 0 radical (unpaired) electrons. The van der Waals surface area contributed by atoms with Gasteiger partial charge in [0.2, 0.25) is 0 Å². The molecule has 124 valence electrons. The first kappa shape index (κ1) is 18.4. The Labute approximate surface area is 131 Å². The van der Waals surface area contributed by atoms with Crippen molar-refractivity contribution in [2.45, 2.75) is 70.3 Å². The molecule has 21 heavy (non-hydrogen) atoms. The normalized spacial score (nSPS) is 21.8. The van der Waals surface area contributed by atoms with Crippen LogP contribution in [0.1, 0.15) is 53.4 Å². The molecule has 0 aromatic carbocycles. The summed E-state index contributed by atoms with van der Waals surface area (Å²) < 4.78 is 17.2. The van der Waals surface area contributed by atoms with Gasteiger partial charge in [-0.15, -0.1) is 0 Å². The Morgan fingerprint density at radius 3 is 2.71 bits per heavy atom. The van der Waals surface area contributed by atoms with Crippen molar-refractivity contribution in [2.24, 2.45) is 0 Å². The van der Waals surface area contributed by atoms with Crippen molar-refractivity contribution in [3.63, 3.8) is 0 Å². The highest BCUT2D eigenvalue weighted by molar-refractivity contribution is 7.86. The predicted octanol–water partition coefficient (Wildman–Crippen LogP) is 2.18. The van der Waals surface area contributed by atoms with E-state index in [9.17, 15) is 9.00 Å². The first-order valence-electron chi connectivity index (χ1n) is 7.83. The largest absolute Gasteiger partial charge is 0.378 e. The van der Waals surface area contributed by atoms with E-state index in [1.807, 2.05) is 27.7 Å². The minimum atomic E-state index is -0.931. The minimum absolute atomic E-state index is 0.127. The number of hydrogen-bond acceptors (Lipinski definition) is 3. The summed E-state index contributed by atoms with van der Waals surface area (Å²) in [6.07, 6.45) is 4.57. The smallest absolute Gasteiger partial charge is 0.315 e. The zero-order valence-corrected chi connectivity index (χ0v) is 14.6. The molecule has 0 spiro atoms. The standard InChI is InChI=1S/C15H30N2O3S/c1-12(7-8-13-6-5-10-20-13)17-14(18)16-9-11-21(19)15(2,3)4/h12-13H,5-11H2,1-4H3,(H2,16,17,18). The van der Waals surface area contributed by atoms with Crippen LogP contribution in [0.15, 0.2) is 0 Å². The van der Waals surface area contributed by atoms with E-state index in [-0.39, 0.29) is 16.8 Å². The predicted molar refractivity (Wildman–Crippen MR) is 87.0 cm³/mol. The molecule has 1 saturated heterocycles. The Hall–Kier alpha value is -0.620. The quantitative estimate of drug-likeness (QED) is 0.756. The topological polar surface area (TPSA) is 67.4 Å². The van der Waals surface area contributed by atoms with Crippen molar-refractivity contribution < 1.29 is 13.7 Å². The number of carbonyl (C=O) groups excluding carboxylic acids is 1. The fraction of sp³-hybridized carbons (Fsp3) is 0.933.